The molecule has 0 fully saturated rings. The van der Waals surface area contributed by atoms with Crippen molar-refractivity contribution < 1.29 is 4.79 Å². The monoisotopic (exact) mass is 224 g/mol. The van der Waals surface area contributed by atoms with Gasteiger partial charge in [0.05, 0.1) is 6.20 Å². The van der Waals surface area contributed by atoms with E-state index >= 15 is 0 Å². The molecule has 16 heavy (non-hydrogen) atoms. The Bertz CT molecular complexity index is 332. The summed E-state index contributed by atoms with van der Waals surface area (Å²) in [4.78, 5) is 11.6. The van der Waals surface area contributed by atoms with Crippen LogP contribution in [0, 0.1) is 0 Å². The number of nitrogens with zero attached hydrogens (tertiary/aromatic N) is 2. The van der Waals surface area contributed by atoms with E-state index in [1.54, 1.807) is 10.9 Å². The van der Waals surface area contributed by atoms with Gasteiger partial charge in [0.15, 0.2) is 0 Å². The fourth-order valence-corrected chi connectivity index (χ4v) is 1.41. The predicted octanol–water partition coefficient (Wildman–Crippen LogP) is 1.40. The Hall–Kier alpha value is -1.36. The van der Waals surface area contributed by atoms with Crippen molar-refractivity contribution in [1.82, 2.24) is 15.1 Å². The van der Waals surface area contributed by atoms with Crippen LogP contribution in [0.15, 0.2) is 12.3 Å². The Morgan fingerprint density at radius 3 is 2.94 bits per heavy atom. The van der Waals surface area contributed by atoms with Gasteiger partial charge in [-0.3, -0.25) is 4.79 Å². The van der Waals surface area contributed by atoms with E-state index in [-0.39, 0.29) is 11.9 Å². The number of aromatic nitrogens is 2. The minimum atomic E-state index is 0.0170. The molecule has 0 aliphatic heterocycles. The molecule has 0 unspecified atom stereocenters. The van der Waals surface area contributed by atoms with Gasteiger partial charge >= 0.3 is 0 Å². The molecule has 0 saturated carbocycles. The highest BCUT2D eigenvalue weighted by Crippen LogP contribution is 2.12. The van der Waals surface area contributed by atoms with Crippen molar-refractivity contribution in [2.45, 2.75) is 33.2 Å². The lowest BCUT2D eigenvalue weighted by Crippen LogP contribution is -2.22. The molecule has 0 bridgehead atoms. The standard InChI is InChI=1S/C11H20N4O/c1-4-12-7-6-11(16)14-10-5-8-13-15(10)9(2)3/h5,8-9,12H,4,6-7H2,1-3H3,(H,14,16). The fourth-order valence-electron chi connectivity index (χ4n) is 1.41. The first-order valence-electron chi connectivity index (χ1n) is 5.69. The molecule has 0 aliphatic rings. The molecule has 0 saturated heterocycles. The van der Waals surface area contributed by atoms with E-state index in [9.17, 15) is 4.79 Å². The van der Waals surface area contributed by atoms with Crippen LogP contribution >= 0.6 is 0 Å². The summed E-state index contributed by atoms with van der Waals surface area (Å²) >= 11 is 0. The number of anilines is 1. The molecule has 5 nitrogen and oxygen atoms in total. The molecule has 0 aliphatic carbocycles. The number of rotatable bonds is 6. The van der Waals surface area contributed by atoms with Crippen LogP contribution in [0.2, 0.25) is 0 Å². The molecule has 5 heteroatoms. The second-order valence-corrected chi connectivity index (χ2v) is 3.91. The second kappa shape index (κ2) is 6.27. The minimum Gasteiger partial charge on any atom is -0.316 e. The molecule has 1 aromatic heterocycles. The van der Waals surface area contributed by atoms with E-state index in [0.717, 1.165) is 12.4 Å². The molecule has 0 atom stereocenters. The number of carbonyl (C=O) groups is 1. The average molecular weight is 224 g/mol. The van der Waals surface area contributed by atoms with E-state index in [0.29, 0.717) is 13.0 Å². The van der Waals surface area contributed by atoms with Gasteiger partial charge in [0, 0.05) is 25.1 Å². The van der Waals surface area contributed by atoms with Crippen LogP contribution in [0.25, 0.3) is 0 Å². The zero-order valence-electron chi connectivity index (χ0n) is 10.2. The maximum absolute atomic E-state index is 11.6. The van der Waals surface area contributed by atoms with E-state index in [1.165, 1.54) is 0 Å². The highest BCUT2D eigenvalue weighted by molar-refractivity contribution is 5.89. The molecule has 0 radical (unpaired) electrons. The van der Waals surface area contributed by atoms with Gasteiger partial charge < -0.3 is 10.6 Å². The molecule has 90 valence electrons. The molecular formula is C11H20N4O. The summed E-state index contributed by atoms with van der Waals surface area (Å²) in [6, 6.07) is 2.06. The third-order valence-electron chi connectivity index (χ3n) is 2.21. The summed E-state index contributed by atoms with van der Waals surface area (Å²) in [6.45, 7) is 7.67. The first-order valence-corrected chi connectivity index (χ1v) is 5.69. The second-order valence-electron chi connectivity index (χ2n) is 3.91. The average Bonchev–Trinajstić information content (AvgIpc) is 2.66. The molecule has 2 N–H and O–H groups in total. The summed E-state index contributed by atoms with van der Waals surface area (Å²) in [5.41, 5.74) is 0. The smallest absolute Gasteiger partial charge is 0.226 e. The summed E-state index contributed by atoms with van der Waals surface area (Å²) < 4.78 is 1.80. The van der Waals surface area contributed by atoms with Gasteiger partial charge in [-0.15, -0.1) is 0 Å². The number of hydrogen-bond acceptors (Lipinski definition) is 3. The molecule has 1 aromatic rings. The van der Waals surface area contributed by atoms with Gasteiger partial charge in [0.2, 0.25) is 5.91 Å². The maximum atomic E-state index is 11.6. The van der Waals surface area contributed by atoms with Gasteiger partial charge in [-0.05, 0) is 20.4 Å². The van der Waals surface area contributed by atoms with Crippen molar-refractivity contribution in [1.29, 1.82) is 0 Å². The Kier molecular flexibility index (Phi) is 4.98. The number of carbonyl (C=O) groups excluding carboxylic acids is 1. The Labute approximate surface area is 96.2 Å². The van der Waals surface area contributed by atoms with Gasteiger partial charge in [-0.25, -0.2) is 4.68 Å². The van der Waals surface area contributed by atoms with Crippen LogP contribution in [-0.4, -0.2) is 28.8 Å². The SMILES string of the molecule is CCNCCC(=O)Nc1ccnn1C(C)C. The summed E-state index contributed by atoms with van der Waals surface area (Å²) in [5.74, 6) is 0.778. The third-order valence-corrected chi connectivity index (χ3v) is 2.21. The van der Waals surface area contributed by atoms with Crippen molar-refractivity contribution in [3.05, 3.63) is 12.3 Å². The van der Waals surface area contributed by atoms with Crippen molar-refractivity contribution in [3.63, 3.8) is 0 Å². The van der Waals surface area contributed by atoms with Gasteiger partial charge in [-0.1, -0.05) is 6.92 Å². The lowest BCUT2D eigenvalue weighted by atomic mass is 10.3. The van der Waals surface area contributed by atoms with Crippen molar-refractivity contribution in [3.8, 4) is 0 Å². The highest BCUT2D eigenvalue weighted by Gasteiger charge is 2.08. The zero-order chi connectivity index (χ0) is 12.0. The quantitative estimate of drug-likeness (QED) is 0.718. The third kappa shape index (κ3) is 3.66. The van der Waals surface area contributed by atoms with Crippen LogP contribution in [0.4, 0.5) is 5.82 Å². The molecule has 0 spiro atoms. The molecule has 1 heterocycles. The molecule has 1 amide bonds. The Morgan fingerprint density at radius 2 is 2.31 bits per heavy atom. The van der Waals surface area contributed by atoms with Crippen LogP contribution in [0.3, 0.4) is 0 Å². The van der Waals surface area contributed by atoms with Crippen LogP contribution in [-0.2, 0) is 4.79 Å². The first-order chi connectivity index (χ1) is 7.65. The largest absolute Gasteiger partial charge is 0.316 e. The molecule has 1 rings (SSSR count). The number of amides is 1. The van der Waals surface area contributed by atoms with Crippen LogP contribution in [0.5, 0.6) is 0 Å². The van der Waals surface area contributed by atoms with Crippen molar-refractivity contribution in [2.75, 3.05) is 18.4 Å². The maximum Gasteiger partial charge on any atom is 0.226 e. The lowest BCUT2D eigenvalue weighted by Gasteiger charge is -2.11. The minimum absolute atomic E-state index is 0.0170. The van der Waals surface area contributed by atoms with E-state index in [4.69, 9.17) is 0 Å². The highest BCUT2D eigenvalue weighted by atomic mass is 16.1. The van der Waals surface area contributed by atoms with Gasteiger partial charge in [0.25, 0.3) is 0 Å². The molecule has 0 aromatic carbocycles. The van der Waals surface area contributed by atoms with Crippen molar-refractivity contribution in [2.24, 2.45) is 0 Å². The van der Waals surface area contributed by atoms with E-state index < -0.39 is 0 Å². The zero-order valence-corrected chi connectivity index (χ0v) is 10.2. The number of hydrogen-bond donors (Lipinski definition) is 2. The fraction of sp³-hybridized carbons (Fsp3) is 0.636. The topological polar surface area (TPSA) is 59.0 Å². The van der Waals surface area contributed by atoms with Crippen molar-refractivity contribution >= 4 is 11.7 Å². The van der Waals surface area contributed by atoms with Gasteiger partial charge in [-0.2, -0.15) is 5.10 Å². The predicted molar refractivity (Wildman–Crippen MR) is 64.4 cm³/mol. The van der Waals surface area contributed by atoms with Crippen LogP contribution < -0.4 is 10.6 Å². The normalized spacial score (nSPS) is 10.8. The van der Waals surface area contributed by atoms with Crippen LogP contribution in [0.1, 0.15) is 33.2 Å². The van der Waals surface area contributed by atoms with E-state index in [1.807, 2.05) is 26.8 Å². The summed E-state index contributed by atoms with van der Waals surface area (Å²) in [5, 5.41) is 10.1. The summed E-state index contributed by atoms with van der Waals surface area (Å²) in [7, 11) is 0. The Morgan fingerprint density at radius 1 is 1.56 bits per heavy atom. The Balaban J connectivity index is 2.46. The van der Waals surface area contributed by atoms with E-state index in [2.05, 4.69) is 15.7 Å². The van der Waals surface area contributed by atoms with Gasteiger partial charge in [0.1, 0.15) is 5.82 Å². The first kappa shape index (κ1) is 12.7. The summed E-state index contributed by atoms with van der Waals surface area (Å²) in [6.07, 6.45) is 2.18. The lowest BCUT2D eigenvalue weighted by molar-refractivity contribution is -0.116. The molecular weight excluding hydrogens is 204 g/mol. The number of nitrogens with one attached hydrogen (secondary N) is 2.